The SMILES string of the molecule is CN(C)CCN(C)c1nc(N2CC(N(C)C)C2)nc2c(F)c(-c3cc(O)cc4ccccc34)c(Cl)cc12. The van der Waals surface area contributed by atoms with E-state index in [0.717, 1.165) is 30.4 Å². The van der Waals surface area contributed by atoms with Crippen molar-refractivity contribution in [1.29, 1.82) is 0 Å². The van der Waals surface area contributed by atoms with Crippen LogP contribution in [0.5, 0.6) is 5.75 Å². The topological polar surface area (TPSA) is 59.0 Å². The summed E-state index contributed by atoms with van der Waals surface area (Å²) in [6.45, 7) is 3.07. The van der Waals surface area contributed by atoms with E-state index in [1.165, 1.54) is 0 Å². The quantitative estimate of drug-likeness (QED) is 0.377. The molecule has 4 aromatic rings. The van der Waals surface area contributed by atoms with Crippen LogP contribution in [0.1, 0.15) is 0 Å². The van der Waals surface area contributed by atoms with Crippen molar-refractivity contribution in [3.8, 4) is 16.9 Å². The van der Waals surface area contributed by atoms with Crippen LogP contribution in [0.4, 0.5) is 16.2 Å². The third-order valence-corrected chi connectivity index (χ3v) is 7.38. The molecule has 0 atom stereocenters. The van der Waals surface area contributed by atoms with E-state index in [9.17, 15) is 5.11 Å². The van der Waals surface area contributed by atoms with Crippen molar-refractivity contribution in [1.82, 2.24) is 19.8 Å². The maximum atomic E-state index is 16.5. The molecule has 0 unspecified atom stereocenters. The number of benzene rings is 3. The smallest absolute Gasteiger partial charge is 0.228 e. The summed E-state index contributed by atoms with van der Waals surface area (Å²) >= 11 is 6.77. The first kappa shape index (κ1) is 25.4. The largest absolute Gasteiger partial charge is 0.508 e. The molecule has 1 aliphatic heterocycles. The van der Waals surface area contributed by atoms with E-state index >= 15 is 4.39 Å². The molecule has 0 aliphatic carbocycles. The van der Waals surface area contributed by atoms with E-state index in [-0.39, 0.29) is 21.9 Å². The zero-order chi connectivity index (χ0) is 26.4. The minimum atomic E-state index is -0.520. The Bertz CT molecular complexity index is 1470. The molecule has 1 N–H and O–H groups in total. The van der Waals surface area contributed by atoms with Crippen LogP contribution in [0.3, 0.4) is 0 Å². The fraction of sp³-hybridized carbons (Fsp3) is 0.357. The van der Waals surface area contributed by atoms with Crippen LogP contribution in [-0.2, 0) is 0 Å². The van der Waals surface area contributed by atoms with Gasteiger partial charge in [-0.1, -0.05) is 35.9 Å². The van der Waals surface area contributed by atoms with Crippen molar-refractivity contribution in [2.45, 2.75) is 6.04 Å². The van der Waals surface area contributed by atoms with Gasteiger partial charge >= 0.3 is 0 Å². The number of anilines is 2. The second-order valence-electron chi connectivity index (χ2n) is 10.3. The number of aromatic hydroxyl groups is 1. The van der Waals surface area contributed by atoms with Gasteiger partial charge in [-0.3, -0.25) is 0 Å². The number of nitrogens with zero attached hydrogens (tertiary/aromatic N) is 6. The summed E-state index contributed by atoms with van der Waals surface area (Å²) < 4.78 is 16.5. The highest BCUT2D eigenvalue weighted by molar-refractivity contribution is 6.35. The minimum Gasteiger partial charge on any atom is -0.508 e. The molecular formula is C28H32ClFN6O. The molecule has 1 aliphatic rings. The summed E-state index contributed by atoms with van der Waals surface area (Å²) in [4.78, 5) is 18.0. The van der Waals surface area contributed by atoms with Crippen LogP contribution < -0.4 is 9.80 Å². The molecule has 5 rings (SSSR count). The number of phenols is 1. The number of hydrogen-bond acceptors (Lipinski definition) is 7. The van der Waals surface area contributed by atoms with Gasteiger partial charge in [0.2, 0.25) is 5.95 Å². The Morgan fingerprint density at radius 3 is 2.43 bits per heavy atom. The summed E-state index contributed by atoms with van der Waals surface area (Å²) in [7, 11) is 10.1. The van der Waals surface area contributed by atoms with Crippen LogP contribution in [-0.4, -0.2) is 92.3 Å². The van der Waals surface area contributed by atoms with Crippen LogP contribution in [0.2, 0.25) is 5.02 Å². The van der Waals surface area contributed by atoms with Gasteiger partial charge in [-0.15, -0.1) is 0 Å². The summed E-state index contributed by atoms with van der Waals surface area (Å²) in [5.41, 5.74) is 0.971. The molecule has 1 fully saturated rings. The Morgan fingerprint density at radius 1 is 1.00 bits per heavy atom. The molecule has 1 aromatic heterocycles. The van der Waals surface area contributed by atoms with Gasteiger partial charge in [0.1, 0.15) is 17.1 Å². The van der Waals surface area contributed by atoms with Crippen molar-refractivity contribution in [2.75, 3.05) is 71.2 Å². The third kappa shape index (κ3) is 4.77. The standard InChI is InChI=1S/C28H32ClFN6O/c1-33(2)10-11-35(5)27-22-14-23(29)24(21-13-19(37)12-17-8-6-7-9-20(17)21)25(30)26(22)31-28(32-27)36-15-18(16-36)34(3)4/h6-9,12-14,18,37H,10-11,15-16H2,1-5H3. The molecule has 2 heterocycles. The van der Waals surface area contributed by atoms with Gasteiger partial charge in [-0.2, -0.15) is 4.98 Å². The predicted octanol–water partition coefficient (Wildman–Crippen LogP) is 4.70. The lowest BCUT2D eigenvalue weighted by Crippen LogP contribution is -2.58. The molecule has 7 nitrogen and oxygen atoms in total. The van der Waals surface area contributed by atoms with Crippen molar-refractivity contribution in [2.24, 2.45) is 0 Å². The normalized spacial score (nSPS) is 14.2. The number of hydrogen-bond donors (Lipinski definition) is 1. The Labute approximate surface area is 221 Å². The zero-order valence-electron chi connectivity index (χ0n) is 21.8. The highest BCUT2D eigenvalue weighted by Crippen LogP contribution is 2.42. The molecule has 0 bridgehead atoms. The Balaban J connectivity index is 1.71. The number of fused-ring (bicyclic) bond motifs is 2. The number of halogens is 2. The van der Waals surface area contributed by atoms with E-state index in [0.29, 0.717) is 35.3 Å². The average molecular weight is 523 g/mol. The van der Waals surface area contributed by atoms with Crippen molar-refractivity contribution in [3.05, 3.63) is 53.3 Å². The molecule has 9 heteroatoms. The first-order chi connectivity index (χ1) is 17.6. The molecule has 1 saturated heterocycles. The Morgan fingerprint density at radius 2 is 1.73 bits per heavy atom. The number of phenolic OH excluding ortho intramolecular Hbond substituents is 1. The molecule has 0 saturated carbocycles. The zero-order valence-corrected chi connectivity index (χ0v) is 22.6. The van der Waals surface area contributed by atoms with Gasteiger partial charge in [0.15, 0.2) is 5.82 Å². The maximum Gasteiger partial charge on any atom is 0.228 e. The second kappa shape index (κ2) is 9.93. The molecule has 194 valence electrons. The molecule has 3 aromatic carbocycles. The lowest BCUT2D eigenvalue weighted by Gasteiger charge is -2.43. The van der Waals surface area contributed by atoms with E-state index in [1.807, 2.05) is 50.3 Å². The average Bonchev–Trinajstić information content (AvgIpc) is 2.81. The lowest BCUT2D eigenvalue weighted by atomic mass is 9.96. The monoisotopic (exact) mass is 522 g/mol. The van der Waals surface area contributed by atoms with Gasteiger partial charge < -0.3 is 24.7 Å². The van der Waals surface area contributed by atoms with E-state index in [2.05, 4.69) is 28.8 Å². The predicted molar refractivity (Wildman–Crippen MR) is 151 cm³/mol. The Hall–Kier alpha value is -3.20. The van der Waals surface area contributed by atoms with Crippen LogP contribution in [0.25, 0.3) is 32.8 Å². The summed E-state index contributed by atoms with van der Waals surface area (Å²) in [6.07, 6.45) is 0. The fourth-order valence-corrected chi connectivity index (χ4v) is 5.04. The van der Waals surface area contributed by atoms with E-state index in [4.69, 9.17) is 21.6 Å². The van der Waals surface area contributed by atoms with Crippen molar-refractivity contribution >= 4 is 45.0 Å². The van der Waals surface area contributed by atoms with E-state index in [1.54, 1.807) is 18.2 Å². The van der Waals surface area contributed by atoms with Gasteiger partial charge in [0, 0.05) is 50.2 Å². The van der Waals surface area contributed by atoms with Crippen LogP contribution >= 0.6 is 11.6 Å². The number of rotatable bonds is 7. The van der Waals surface area contributed by atoms with Gasteiger partial charge in [0.05, 0.1) is 5.02 Å². The fourth-order valence-electron chi connectivity index (χ4n) is 4.75. The number of aromatic nitrogens is 2. The van der Waals surface area contributed by atoms with Crippen LogP contribution in [0, 0.1) is 5.82 Å². The lowest BCUT2D eigenvalue weighted by molar-refractivity contribution is 0.245. The van der Waals surface area contributed by atoms with Gasteiger partial charge in [0.25, 0.3) is 0 Å². The van der Waals surface area contributed by atoms with Gasteiger partial charge in [-0.25, -0.2) is 9.37 Å². The number of likely N-dealkylation sites (N-methyl/N-ethyl adjacent to an activating group) is 3. The van der Waals surface area contributed by atoms with Crippen LogP contribution in [0.15, 0.2) is 42.5 Å². The Kier molecular flexibility index (Phi) is 6.83. The minimum absolute atomic E-state index is 0.0482. The first-order valence-electron chi connectivity index (χ1n) is 12.3. The molecule has 0 spiro atoms. The second-order valence-corrected chi connectivity index (χ2v) is 10.7. The molecule has 37 heavy (non-hydrogen) atoms. The molecular weight excluding hydrogens is 491 g/mol. The van der Waals surface area contributed by atoms with Gasteiger partial charge in [-0.05, 0) is 62.7 Å². The summed E-state index contributed by atoms with van der Waals surface area (Å²) in [6, 6.07) is 12.9. The van der Waals surface area contributed by atoms with E-state index < -0.39 is 5.82 Å². The maximum absolute atomic E-state index is 16.5. The highest BCUT2D eigenvalue weighted by Gasteiger charge is 2.32. The highest BCUT2D eigenvalue weighted by atomic mass is 35.5. The summed E-state index contributed by atoms with van der Waals surface area (Å²) in [5.74, 6) is 0.675. The van der Waals surface area contributed by atoms with Crippen molar-refractivity contribution in [3.63, 3.8) is 0 Å². The summed E-state index contributed by atoms with van der Waals surface area (Å²) in [5, 5.41) is 12.8. The first-order valence-corrected chi connectivity index (χ1v) is 12.7. The third-order valence-electron chi connectivity index (χ3n) is 7.09. The molecule has 0 radical (unpaired) electrons. The molecule has 0 amide bonds. The van der Waals surface area contributed by atoms with Crippen molar-refractivity contribution < 1.29 is 9.50 Å².